The SMILES string of the molecule is Cc1ccc(C)c(OCCC(=O)Nc2nnc(CC(C)C)s2)c1. The second kappa shape index (κ2) is 8.06. The Balaban J connectivity index is 1.79. The molecule has 0 aliphatic heterocycles. The molecular formula is C17H23N3O2S. The fourth-order valence-electron chi connectivity index (χ4n) is 2.03. The van der Waals surface area contributed by atoms with Crippen LogP contribution in [0.15, 0.2) is 18.2 Å². The molecule has 0 spiro atoms. The van der Waals surface area contributed by atoms with Gasteiger partial charge in [-0.25, -0.2) is 0 Å². The largest absolute Gasteiger partial charge is 0.493 e. The van der Waals surface area contributed by atoms with E-state index >= 15 is 0 Å². The van der Waals surface area contributed by atoms with E-state index in [4.69, 9.17) is 4.74 Å². The van der Waals surface area contributed by atoms with Crippen LogP contribution in [0.2, 0.25) is 0 Å². The molecule has 2 rings (SSSR count). The number of anilines is 1. The van der Waals surface area contributed by atoms with Gasteiger partial charge in [-0.05, 0) is 37.0 Å². The Bertz CT molecular complexity index is 668. The summed E-state index contributed by atoms with van der Waals surface area (Å²) in [5, 5.41) is 12.4. The minimum atomic E-state index is -0.109. The lowest BCUT2D eigenvalue weighted by Crippen LogP contribution is -2.15. The van der Waals surface area contributed by atoms with E-state index in [-0.39, 0.29) is 12.3 Å². The summed E-state index contributed by atoms with van der Waals surface area (Å²) in [7, 11) is 0. The summed E-state index contributed by atoms with van der Waals surface area (Å²) in [5.41, 5.74) is 2.21. The van der Waals surface area contributed by atoms with E-state index in [1.54, 1.807) is 0 Å². The van der Waals surface area contributed by atoms with Crippen molar-refractivity contribution >= 4 is 22.4 Å². The number of aromatic nitrogens is 2. The van der Waals surface area contributed by atoms with Crippen LogP contribution in [0.5, 0.6) is 5.75 Å². The fraction of sp³-hybridized carbons (Fsp3) is 0.471. The molecule has 0 radical (unpaired) electrons. The summed E-state index contributed by atoms with van der Waals surface area (Å²) in [4.78, 5) is 11.9. The van der Waals surface area contributed by atoms with E-state index in [2.05, 4.69) is 29.4 Å². The van der Waals surface area contributed by atoms with Crippen LogP contribution in [0.1, 0.15) is 36.4 Å². The van der Waals surface area contributed by atoms with Crippen LogP contribution in [0.4, 0.5) is 5.13 Å². The minimum absolute atomic E-state index is 0.109. The number of rotatable bonds is 7. The van der Waals surface area contributed by atoms with Crippen LogP contribution in [0, 0.1) is 19.8 Å². The summed E-state index contributed by atoms with van der Waals surface area (Å²) in [5.74, 6) is 1.24. The molecule has 2 aromatic rings. The molecule has 0 aliphatic rings. The van der Waals surface area contributed by atoms with Crippen LogP contribution >= 0.6 is 11.3 Å². The van der Waals surface area contributed by atoms with Crippen molar-refractivity contribution in [2.24, 2.45) is 5.92 Å². The quantitative estimate of drug-likeness (QED) is 0.838. The van der Waals surface area contributed by atoms with E-state index in [0.717, 1.165) is 28.3 Å². The molecule has 6 heteroatoms. The molecular weight excluding hydrogens is 310 g/mol. The molecule has 1 aromatic carbocycles. The monoisotopic (exact) mass is 333 g/mol. The normalized spacial score (nSPS) is 10.8. The summed E-state index contributed by atoms with van der Waals surface area (Å²) >= 11 is 1.43. The number of carbonyl (C=O) groups excluding carboxylic acids is 1. The summed E-state index contributed by atoms with van der Waals surface area (Å²) < 4.78 is 5.69. The molecule has 0 aliphatic carbocycles. The van der Waals surface area contributed by atoms with Gasteiger partial charge in [0.1, 0.15) is 10.8 Å². The second-order valence-corrected chi connectivity index (χ2v) is 7.08. The molecule has 0 unspecified atom stereocenters. The second-order valence-electron chi connectivity index (χ2n) is 6.01. The van der Waals surface area contributed by atoms with Gasteiger partial charge >= 0.3 is 0 Å². The summed E-state index contributed by atoms with van der Waals surface area (Å²) in [6, 6.07) is 6.04. The topological polar surface area (TPSA) is 64.1 Å². The predicted octanol–water partition coefficient (Wildman–Crippen LogP) is 3.76. The van der Waals surface area contributed by atoms with E-state index in [0.29, 0.717) is 17.7 Å². The lowest BCUT2D eigenvalue weighted by atomic mass is 10.1. The molecule has 1 N–H and O–H groups in total. The Labute approximate surface area is 141 Å². The molecule has 0 fully saturated rings. The zero-order chi connectivity index (χ0) is 16.8. The Morgan fingerprint density at radius 1 is 1.30 bits per heavy atom. The van der Waals surface area contributed by atoms with Crippen LogP contribution in [-0.2, 0) is 11.2 Å². The highest BCUT2D eigenvalue weighted by atomic mass is 32.1. The maximum atomic E-state index is 11.9. The van der Waals surface area contributed by atoms with Crippen LogP contribution in [-0.4, -0.2) is 22.7 Å². The van der Waals surface area contributed by atoms with Gasteiger partial charge in [-0.2, -0.15) is 0 Å². The maximum Gasteiger partial charge on any atom is 0.229 e. The average molecular weight is 333 g/mol. The molecule has 0 saturated heterocycles. The molecule has 23 heavy (non-hydrogen) atoms. The van der Waals surface area contributed by atoms with Crippen molar-refractivity contribution < 1.29 is 9.53 Å². The zero-order valence-electron chi connectivity index (χ0n) is 14.0. The molecule has 124 valence electrons. The first kappa shape index (κ1) is 17.4. The van der Waals surface area contributed by atoms with Gasteiger partial charge in [0, 0.05) is 6.42 Å². The Morgan fingerprint density at radius 3 is 2.83 bits per heavy atom. The number of hydrogen-bond donors (Lipinski definition) is 1. The van der Waals surface area contributed by atoms with Crippen molar-refractivity contribution in [3.8, 4) is 5.75 Å². The molecule has 1 aromatic heterocycles. The first-order valence-electron chi connectivity index (χ1n) is 7.76. The average Bonchev–Trinajstić information content (AvgIpc) is 2.88. The van der Waals surface area contributed by atoms with E-state index < -0.39 is 0 Å². The molecule has 0 saturated carbocycles. The molecule has 5 nitrogen and oxygen atoms in total. The van der Waals surface area contributed by atoms with E-state index in [1.165, 1.54) is 11.3 Å². The highest BCUT2D eigenvalue weighted by Crippen LogP contribution is 2.20. The Kier molecular flexibility index (Phi) is 6.10. The van der Waals surface area contributed by atoms with Crippen LogP contribution < -0.4 is 10.1 Å². The number of carbonyl (C=O) groups is 1. The van der Waals surface area contributed by atoms with E-state index in [9.17, 15) is 4.79 Å². The van der Waals surface area contributed by atoms with Crippen LogP contribution in [0.25, 0.3) is 0 Å². The molecule has 0 atom stereocenters. The van der Waals surface area contributed by atoms with Crippen molar-refractivity contribution in [2.75, 3.05) is 11.9 Å². The third kappa shape index (κ3) is 5.63. The van der Waals surface area contributed by atoms with Gasteiger partial charge in [-0.15, -0.1) is 10.2 Å². The number of benzene rings is 1. The van der Waals surface area contributed by atoms with Gasteiger partial charge < -0.3 is 10.1 Å². The summed E-state index contributed by atoms with van der Waals surface area (Å²) in [6.07, 6.45) is 1.16. The highest BCUT2D eigenvalue weighted by molar-refractivity contribution is 7.15. The van der Waals surface area contributed by atoms with Gasteiger partial charge in [-0.3, -0.25) is 4.79 Å². The molecule has 1 amide bonds. The number of hydrogen-bond acceptors (Lipinski definition) is 5. The lowest BCUT2D eigenvalue weighted by Gasteiger charge is -2.09. The fourth-order valence-corrected chi connectivity index (χ4v) is 3.00. The predicted molar refractivity (Wildman–Crippen MR) is 93.1 cm³/mol. The van der Waals surface area contributed by atoms with Gasteiger partial charge in [0.15, 0.2) is 0 Å². The first-order chi connectivity index (χ1) is 10.9. The molecule has 1 heterocycles. The third-order valence-electron chi connectivity index (χ3n) is 3.23. The van der Waals surface area contributed by atoms with Gasteiger partial charge in [0.25, 0.3) is 0 Å². The lowest BCUT2D eigenvalue weighted by molar-refractivity contribution is -0.116. The van der Waals surface area contributed by atoms with Gasteiger partial charge in [0.2, 0.25) is 11.0 Å². The Hall–Kier alpha value is -1.95. The van der Waals surface area contributed by atoms with Gasteiger partial charge in [-0.1, -0.05) is 37.3 Å². The smallest absolute Gasteiger partial charge is 0.229 e. The van der Waals surface area contributed by atoms with Crippen molar-refractivity contribution in [3.63, 3.8) is 0 Å². The number of ether oxygens (including phenoxy) is 1. The van der Waals surface area contributed by atoms with Gasteiger partial charge in [0.05, 0.1) is 13.0 Å². The van der Waals surface area contributed by atoms with Crippen molar-refractivity contribution in [3.05, 3.63) is 34.3 Å². The standard InChI is InChI=1S/C17H23N3O2S/c1-11(2)9-16-19-20-17(23-16)18-15(21)7-8-22-14-10-12(3)5-6-13(14)4/h5-6,10-11H,7-9H2,1-4H3,(H,18,20,21). The number of nitrogens with one attached hydrogen (secondary N) is 1. The van der Waals surface area contributed by atoms with Crippen molar-refractivity contribution in [1.82, 2.24) is 10.2 Å². The maximum absolute atomic E-state index is 11.9. The van der Waals surface area contributed by atoms with Crippen LogP contribution in [0.3, 0.4) is 0 Å². The first-order valence-corrected chi connectivity index (χ1v) is 8.58. The minimum Gasteiger partial charge on any atom is -0.493 e. The highest BCUT2D eigenvalue weighted by Gasteiger charge is 2.10. The molecule has 0 bridgehead atoms. The Morgan fingerprint density at radius 2 is 2.09 bits per heavy atom. The number of amides is 1. The summed E-state index contributed by atoms with van der Waals surface area (Å²) in [6.45, 7) is 8.61. The number of nitrogens with zero attached hydrogens (tertiary/aromatic N) is 2. The van der Waals surface area contributed by atoms with E-state index in [1.807, 2.05) is 32.0 Å². The zero-order valence-corrected chi connectivity index (χ0v) is 14.9. The van der Waals surface area contributed by atoms with Crippen molar-refractivity contribution in [2.45, 2.75) is 40.5 Å². The van der Waals surface area contributed by atoms with Crippen molar-refractivity contribution in [1.29, 1.82) is 0 Å². The number of aryl methyl sites for hydroxylation is 2. The third-order valence-corrected chi connectivity index (χ3v) is 4.09.